The predicted octanol–water partition coefficient (Wildman–Crippen LogP) is 10.1. The summed E-state index contributed by atoms with van der Waals surface area (Å²) in [6.45, 7) is 8.72. The number of amides is 4. The van der Waals surface area contributed by atoms with Crippen LogP contribution in [-0.4, -0.2) is 164 Å². The molecule has 28 heteroatoms. The normalized spacial score (nSPS) is 14.6. The molecule has 2 aliphatic rings. The second kappa shape index (κ2) is 40.1. The van der Waals surface area contributed by atoms with Crippen LogP contribution in [0.15, 0.2) is 146 Å². The van der Waals surface area contributed by atoms with E-state index in [1.807, 2.05) is 99.7 Å². The van der Waals surface area contributed by atoms with Gasteiger partial charge in [-0.1, -0.05) is 149 Å². The first-order valence-electron chi connectivity index (χ1n) is 30.7. The van der Waals surface area contributed by atoms with Crippen LogP contribution in [0.4, 0.5) is 38.0 Å². The summed E-state index contributed by atoms with van der Waals surface area (Å²) in [4.78, 5) is 74.7. The number of nitriles is 2. The van der Waals surface area contributed by atoms with Crippen LogP contribution in [0.1, 0.15) is 75.6 Å². The van der Waals surface area contributed by atoms with Crippen LogP contribution in [-0.2, 0) is 68.7 Å². The highest BCUT2D eigenvalue weighted by atomic mass is 19.4. The van der Waals surface area contributed by atoms with Crippen molar-refractivity contribution in [1.29, 1.82) is 10.5 Å². The molecular weight excluding hydrogens is 1260 g/mol. The molecule has 2 heterocycles. The molecule has 4 atom stereocenters. The number of non-ortho nitro benzene ring substituents is 1. The van der Waals surface area contributed by atoms with Gasteiger partial charge in [0, 0.05) is 38.1 Å². The zero-order valence-corrected chi connectivity index (χ0v) is 53.8. The first-order valence-corrected chi connectivity index (χ1v) is 30.7. The minimum atomic E-state index is -5.14. The number of rotatable bonds is 28. The van der Waals surface area contributed by atoms with Crippen molar-refractivity contribution >= 4 is 36.0 Å². The molecular formula is C68H82F3N7O18. The quantitative estimate of drug-likeness (QED) is 0.0119. The van der Waals surface area contributed by atoms with Gasteiger partial charge >= 0.3 is 36.5 Å². The van der Waals surface area contributed by atoms with E-state index in [0.29, 0.717) is 31.2 Å². The van der Waals surface area contributed by atoms with Crippen molar-refractivity contribution < 1.29 is 94.9 Å². The number of nitro groups is 1. The van der Waals surface area contributed by atoms with Gasteiger partial charge in [0.1, 0.15) is 32.5 Å². The number of benzene rings is 5. The molecule has 0 radical (unpaired) electrons. The van der Waals surface area contributed by atoms with Gasteiger partial charge in [0.2, 0.25) is 0 Å². The Hall–Kier alpha value is -9.42. The number of carbonyl (C=O) groups is 5. The fourth-order valence-corrected chi connectivity index (χ4v) is 9.56. The number of hydrogen-bond acceptors (Lipinski definition) is 20. The van der Waals surface area contributed by atoms with Crippen molar-refractivity contribution in [2.45, 2.75) is 122 Å². The van der Waals surface area contributed by atoms with Crippen LogP contribution in [0.25, 0.3) is 0 Å². The van der Waals surface area contributed by atoms with Crippen LogP contribution >= 0.6 is 0 Å². The van der Waals surface area contributed by atoms with Gasteiger partial charge in [-0.2, -0.15) is 23.7 Å². The molecule has 25 nitrogen and oxygen atoms in total. The summed E-state index contributed by atoms with van der Waals surface area (Å²) in [5, 5.41) is 55.5. The van der Waals surface area contributed by atoms with E-state index in [-0.39, 0.29) is 104 Å². The van der Waals surface area contributed by atoms with Crippen molar-refractivity contribution in [3.05, 3.63) is 178 Å². The van der Waals surface area contributed by atoms with Crippen molar-refractivity contribution in [3.63, 3.8) is 0 Å². The third-order valence-corrected chi connectivity index (χ3v) is 14.5. The number of ether oxygens (including phenoxy) is 9. The lowest BCUT2D eigenvalue weighted by molar-refractivity contribution is -0.384. The van der Waals surface area contributed by atoms with Gasteiger partial charge in [0.05, 0.1) is 80.9 Å². The Morgan fingerprint density at radius 1 is 0.594 bits per heavy atom. The van der Waals surface area contributed by atoms with Crippen LogP contribution in [0, 0.1) is 43.6 Å². The standard InChI is InChI=1S/C30H39N3O7.C27H32F3N3O4.C11H11NO7/c1-30(2,14-9-15-31)21-33(29(36)39-18-24-12-7-4-8-13-24)17-27(34)26(16-23-10-5-3-6-11-23)32-28(35)40-25-19-37-22-38-20-25;1-26(2,14-9-15-31)19-33(25(36)37-18-21-12-7-4-8-13-21)17-23(34)22(32-24(35)27(28,29)30)16-20-10-5-3-6-11-20;13-11(19-10-5-16-7-17-6-10)18-9-3-1-8(2-4-9)12(14)15/h3-8,10-13,25-27,34H,9,14,16-22H2,1-2H3,(H,32,35);3-8,10-13,22-23,34H,9,14,16-19H2,1-2H3,(H,32,35);1-4,10H,5-7H2/t26-,27+;22-,23+;/m00./s1. The molecule has 4 amide bonds. The summed E-state index contributed by atoms with van der Waals surface area (Å²) in [6, 6.07) is 43.3. The van der Waals surface area contributed by atoms with Crippen molar-refractivity contribution in [3.8, 4) is 17.9 Å². The van der Waals surface area contributed by atoms with Crippen molar-refractivity contribution in [2.24, 2.45) is 10.8 Å². The van der Waals surface area contributed by atoms with Crippen LogP contribution in [0.3, 0.4) is 0 Å². The second-order valence-corrected chi connectivity index (χ2v) is 23.9. The molecule has 4 N–H and O–H groups in total. The molecule has 5 aromatic rings. The molecule has 2 fully saturated rings. The molecule has 0 unspecified atom stereocenters. The number of nitrogens with one attached hydrogen (secondary N) is 2. The maximum Gasteiger partial charge on any atom is 0.514 e. The zero-order chi connectivity index (χ0) is 69.9. The van der Waals surface area contributed by atoms with Crippen LogP contribution < -0.4 is 15.4 Å². The van der Waals surface area contributed by atoms with E-state index >= 15 is 0 Å². The Morgan fingerprint density at radius 3 is 1.34 bits per heavy atom. The first-order chi connectivity index (χ1) is 45.8. The molecule has 0 aromatic heterocycles. The minimum absolute atomic E-state index is 0.0385. The Bertz CT molecular complexity index is 3240. The number of aliphatic hydroxyl groups is 2. The molecule has 5 aromatic carbocycles. The summed E-state index contributed by atoms with van der Waals surface area (Å²) in [5.41, 5.74) is 2.01. The van der Waals surface area contributed by atoms with Crippen LogP contribution in [0.5, 0.6) is 5.75 Å². The van der Waals surface area contributed by atoms with Gasteiger partial charge in [-0.15, -0.1) is 0 Å². The maximum absolute atomic E-state index is 13.3. The molecule has 96 heavy (non-hydrogen) atoms. The smallest absolute Gasteiger partial charge is 0.445 e. The largest absolute Gasteiger partial charge is 0.514 e. The summed E-state index contributed by atoms with van der Waals surface area (Å²) < 4.78 is 85.5. The molecule has 7 rings (SSSR count). The monoisotopic (exact) mass is 1340 g/mol. The number of nitro benzene ring substituents is 1. The van der Waals surface area contributed by atoms with Crippen molar-refractivity contribution in [1.82, 2.24) is 20.4 Å². The number of alkyl halides is 3. The molecule has 0 aliphatic carbocycles. The second-order valence-electron chi connectivity index (χ2n) is 23.9. The molecule has 0 bridgehead atoms. The molecule has 0 spiro atoms. The third kappa shape index (κ3) is 29.9. The number of aliphatic hydroxyl groups excluding tert-OH is 2. The third-order valence-electron chi connectivity index (χ3n) is 14.5. The average Bonchev–Trinajstić information content (AvgIpc) is 1.03. The van der Waals surface area contributed by atoms with E-state index in [0.717, 1.165) is 16.7 Å². The fourth-order valence-electron chi connectivity index (χ4n) is 9.56. The molecule has 2 saturated heterocycles. The fraction of sp³-hybridized carbons (Fsp3) is 0.456. The maximum atomic E-state index is 13.3. The Morgan fingerprint density at radius 2 is 0.969 bits per heavy atom. The topological polar surface area (TPSA) is 330 Å². The Kier molecular flexibility index (Phi) is 32.3. The summed E-state index contributed by atoms with van der Waals surface area (Å²) in [6.07, 6.45) is -10.1. The molecule has 0 saturated carbocycles. The lowest BCUT2D eigenvalue weighted by atomic mass is 9.87. The van der Waals surface area contributed by atoms with Crippen molar-refractivity contribution in [2.75, 3.05) is 66.2 Å². The predicted molar refractivity (Wildman–Crippen MR) is 339 cm³/mol. The van der Waals surface area contributed by atoms with E-state index in [1.165, 1.54) is 34.1 Å². The molecule has 2 aliphatic heterocycles. The minimum Gasteiger partial charge on any atom is -0.445 e. The average molecular weight is 1340 g/mol. The summed E-state index contributed by atoms with van der Waals surface area (Å²) in [5.74, 6) is -2.02. The first kappa shape index (κ1) is 77.3. The Balaban J connectivity index is 0.000000276. The number of hydrogen-bond donors (Lipinski definition) is 4. The van der Waals surface area contributed by atoms with E-state index in [1.54, 1.807) is 54.6 Å². The highest BCUT2D eigenvalue weighted by molar-refractivity contribution is 5.82. The van der Waals surface area contributed by atoms with Gasteiger partial charge in [-0.05, 0) is 70.9 Å². The van der Waals surface area contributed by atoms with Gasteiger partial charge in [0.15, 0.2) is 12.2 Å². The van der Waals surface area contributed by atoms with E-state index in [4.69, 9.17) is 53.2 Å². The van der Waals surface area contributed by atoms with Gasteiger partial charge in [-0.3, -0.25) is 14.9 Å². The Labute approximate surface area is 554 Å². The zero-order valence-electron chi connectivity index (χ0n) is 53.8. The van der Waals surface area contributed by atoms with Gasteiger partial charge in [0.25, 0.3) is 5.69 Å². The van der Waals surface area contributed by atoms with Crippen LogP contribution in [0.2, 0.25) is 0 Å². The number of halogens is 3. The summed E-state index contributed by atoms with van der Waals surface area (Å²) >= 11 is 0. The SMILES string of the molecule is CC(C)(CCC#N)CN(C[C@@H](O)[C@H](Cc1ccccc1)NC(=O)C(F)(F)F)C(=O)OCc1ccccc1.CC(C)(CCC#N)CN(C[C@@H](O)[C@H](Cc1ccccc1)NC(=O)OC1COCOC1)C(=O)OCc1ccccc1.O=C(Oc1ccc([N+](=O)[O-])cc1)OC1COCOC1. The highest BCUT2D eigenvalue weighted by Crippen LogP contribution is 2.27. The van der Waals surface area contributed by atoms with E-state index in [2.05, 4.69) is 17.5 Å². The number of alkyl carbamates (subject to hydrolysis) is 1. The lowest BCUT2D eigenvalue weighted by Crippen LogP contribution is -2.54. The number of nitrogens with zero attached hydrogens (tertiary/aromatic N) is 5. The summed E-state index contributed by atoms with van der Waals surface area (Å²) in [7, 11) is 0. The van der Waals surface area contributed by atoms with E-state index in [9.17, 15) is 57.5 Å². The highest BCUT2D eigenvalue weighted by Gasteiger charge is 2.42. The van der Waals surface area contributed by atoms with Gasteiger partial charge < -0.3 is 73.3 Å². The lowest BCUT2D eigenvalue weighted by Gasteiger charge is -2.35. The molecule has 518 valence electrons. The van der Waals surface area contributed by atoms with Gasteiger partial charge in [-0.25, -0.2) is 19.2 Å². The number of carbonyl (C=O) groups excluding carboxylic acids is 5. The van der Waals surface area contributed by atoms with E-state index < -0.39 is 88.8 Å².